The SMILES string of the molecule is Fc1ccccc1N1CCN(c2nc(Cl)ncc2Cl)CC1. The molecule has 4 nitrogen and oxygen atoms in total. The summed E-state index contributed by atoms with van der Waals surface area (Å²) in [7, 11) is 0. The number of piperazine rings is 1. The lowest BCUT2D eigenvalue weighted by Gasteiger charge is -2.37. The third-order valence-electron chi connectivity index (χ3n) is 3.47. The normalized spacial score (nSPS) is 15.4. The molecule has 1 aliphatic heterocycles. The fraction of sp³-hybridized carbons (Fsp3) is 0.286. The van der Waals surface area contributed by atoms with Crippen LogP contribution in [-0.4, -0.2) is 36.1 Å². The Bertz CT molecular complexity index is 645. The van der Waals surface area contributed by atoms with Crippen molar-refractivity contribution in [1.82, 2.24) is 9.97 Å². The summed E-state index contributed by atoms with van der Waals surface area (Å²) in [5.41, 5.74) is 0.629. The van der Waals surface area contributed by atoms with Crippen LogP contribution in [0.4, 0.5) is 15.9 Å². The lowest BCUT2D eigenvalue weighted by Crippen LogP contribution is -2.47. The number of halogens is 3. The molecule has 0 radical (unpaired) electrons. The van der Waals surface area contributed by atoms with Gasteiger partial charge in [0.2, 0.25) is 5.28 Å². The number of aromatic nitrogens is 2. The van der Waals surface area contributed by atoms with Gasteiger partial charge >= 0.3 is 0 Å². The largest absolute Gasteiger partial charge is 0.366 e. The Morgan fingerprint density at radius 2 is 1.67 bits per heavy atom. The van der Waals surface area contributed by atoms with E-state index in [4.69, 9.17) is 23.2 Å². The van der Waals surface area contributed by atoms with E-state index in [2.05, 4.69) is 9.97 Å². The van der Waals surface area contributed by atoms with Gasteiger partial charge in [-0.25, -0.2) is 9.37 Å². The van der Waals surface area contributed by atoms with Gasteiger partial charge in [0.25, 0.3) is 0 Å². The van der Waals surface area contributed by atoms with Gasteiger partial charge in [0, 0.05) is 26.2 Å². The summed E-state index contributed by atoms with van der Waals surface area (Å²) in [4.78, 5) is 12.1. The second kappa shape index (κ2) is 6.03. The zero-order valence-corrected chi connectivity index (χ0v) is 12.6. The highest BCUT2D eigenvalue weighted by molar-refractivity contribution is 6.33. The van der Waals surface area contributed by atoms with Crippen molar-refractivity contribution >= 4 is 34.7 Å². The highest BCUT2D eigenvalue weighted by Gasteiger charge is 2.22. The van der Waals surface area contributed by atoms with Gasteiger partial charge in [0.1, 0.15) is 10.8 Å². The molecule has 0 amide bonds. The zero-order chi connectivity index (χ0) is 14.8. The Balaban J connectivity index is 1.73. The fourth-order valence-electron chi connectivity index (χ4n) is 2.43. The molecule has 1 saturated heterocycles. The molecule has 0 saturated carbocycles. The van der Waals surface area contributed by atoms with Crippen LogP contribution in [0.3, 0.4) is 0 Å². The van der Waals surface area contributed by atoms with E-state index in [1.807, 2.05) is 15.9 Å². The summed E-state index contributed by atoms with van der Waals surface area (Å²) < 4.78 is 13.8. The van der Waals surface area contributed by atoms with Gasteiger partial charge in [0.05, 0.1) is 11.9 Å². The van der Waals surface area contributed by atoms with Gasteiger partial charge in [0.15, 0.2) is 5.82 Å². The van der Waals surface area contributed by atoms with Crippen LogP contribution in [0.1, 0.15) is 0 Å². The van der Waals surface area contributed by atoms with E-state index in [0.29, 0.717) is 42.7 Å². The molecule has 2 heterocycles. The van der Waals surface area contributed by atoms with E-state index in [1.165, 1.54) is 12.3 Å². The molecule has 110 valence electrons. The zero-order valence-electron chi connectivity index (χ0n) is 11.1. The number of rotatable bonds is 2. The average molecular weight is 327 g/mol. The molecule has 21 heavy (non-hydrogen) atoms. The van der Waals surface area contributed by atoms with Gasteiger partial charge in [-0.2, -0.15) is 4.98 Å². The van der Waals surface area contributed by atoms with Crippen LogP contribution >= 0.6 is 23.2 Å². The Morgan fingerprint density at radius 1 is 1.00 bits per heavy atom. The van der Waals surface area contributed by atoms with Crippen molar-refractivity contribution in [3.8, 4) is 0 Å². The molecule has 2 aromatic rings. The second-order valence-corrected chi connectivity index (χ2v) is 5.48. The summed E-state index contributed by atoms with van der Waals surface area (Å²) in [6.45, 7) is 2.78. The van der Waals surface area contributed by atoms with Gasteiger partial charge in [-0.15, -0.1) is 0 Å². The fourth-order valence-corrected chi connectivity index (χ4v) is 2.77. The van der Waals surface area contributed by atoms with Crippen molar-refractivity contribution in [3.05, 3.63) is 46.6 Å². The first-order valence-electron chi connectivity index (χ1n) is 6.57. The number of benzene rings is 1. The summed E-state index contributed by atoms with van der Waals surface area (Å²) in [5.74, 6) is 0.430. The minimum absolute atomic E-state index is 0.172. The highest BCUT2D eigenvalue weighted by Crippen LogP contribution is 2.26. The van der Waals surface area contributed by atoms with Crippen LogP contribution in [-0.2, 0) is 0 Å². The van der Waals surface area contributed by atoms with Gasteiger partial charge in [-0.3, -0.25) is 0 Å². The summed E-state index contributed by atoms with van der Waals surface area (Å²) >= 11 is 11.9. The summed E-state index contributed by atoms with van der Waals surface area (Å²) in [6, 6.07) is 6.80. The van der Waals surface area contributed by atoms with Gasteiger partial charge < -0.3 is 9.80 Å². The van der Waals surface area contributed by atoms with E-state index < -0.39 is 0 Å². The minimum atomic E-state index is -0.200. The van der Waals surface area contributed by atoms with E-state index in [1.54, 1.807) is 12.1 Å². The van der Waals surface area contributed by atoms with E-state index >= 15 is 0 Å². The molecule has 0 spiro atoms. The van der Waals surface area contributed by atoms with Crippen LogP contribution in [0.15, 0.2) is 30.5 Å². The number of hydrogen-bond donors (Lipinski definition) is 0. The van der Waals surface area contributed by atoms with Crippen LogP contribution in [0, 0.1) is 5.82 Å². The first-order chi connectivity index (χ1) is 10.1. The molecular formula is C14H13Cl2FN4. The topological polar surface area (TPSA) is 32.3 Å². The van der Waals surface area contributed by atoms with Crippen molar-refractivity contribution in [2.24, 2.45) is 0 Å². The third-order valence-corrected chi connectivity index (χ3v) is 3.92. The first-order valence-corrected chi connectivity index (χ1v) is 7.33. The second-order valence-electron chi connectivity index (χ2n) is 4.74. The molecular weight excluding hydrogens is 314 g/mol. The van der Waals surface area contributed by atoms with Crippen molar-refractivity contribution in [1.29, 1.82) is 0 Å². The predicted molar refractivity (Wildman–Crippen MR) is 82.9 cm³/mol. The van der Waals surface area contributed by atoms with Gasteiger partial charge in [-0.05, 0) is 23.7 Å². The van der Waals surface area contributed by atoms with Crippen LogP contribution in [0.2, 0.25) is 10.3 Å². The molecule has 1 fully saturated rings. The lowest BCUT2D eigenvalue weighted by molar-refractivity contribution is 0.596. The quantitative estimate of drug-likeness (QED) is 0.793. The first kappa shape index (κ1) is 14.4. The maximum atomic E-state index is 13.8. The minimum Gasteiger partial charge on any atom is -0.366 e. The number of para-hydroxylation sites is 1. The molecule has 0 N–H and O–H groups in total. The lowest BCUT2D eigenvalue weighted by atomic mass is 10.2. The molecule has 0 bridgehead atoms. The molecule has 0 aliphatic carbocycles. The number of hydrogen-bond acceptors (Lipinski definition) is 4. The Labute approximate surface area is 132 Å². The molecule has 7 heteroatoms. The number of nitrogens with zero attached hydrogens (tertiary/aromatic N) is 4. The molecule has 0 atom stereocenters. The van der Waals surface area contributed by atoms with E-state index in [-0.39, 0.29) is 11.1 Å². The third kappa shape index (κ3) is 3.04. The molecule has 1 aromatic heterocycles. The molecule has 1 aromatic carbocycles. The van der Waals surface area contributed by atoms with Crippen molar-refractivity contribution in [2.75, 3.05) is 36.0 Å². The maximum absolute atomic E-state index is 13.8. The average Bonchev–Trinajstić information content (AvgIpc) is 2.50. The Morgan fingerprint density at radius 3 is 2.38 bits per heavy atom. The van der Waals surface area contributed by atoms with E-state index in [9.17, 15) is 4.39 Å². The van der Waals surface area contributed by atoms with Crippen molar-refractivity contribution in [3.63, 3.8) is 0 Å². The Kier molecular flexibility index (Phi) is 4.12. The van der Waals surface area contributed by atoms with Crippen molar-refractivity contribution < 1.29 is 4.39 Å². The number of anilines is 2. The monoisotopic (exact) mass is 326 g/mol. The molecule has 1 aliphatic rings. The molecule has 3 rings (SSSR count). The standard InChI is InChI=1S/C14H13Cl2FN4/c15-10-9-18-14(16)19-13(10)21-7-5-20(6-8-21)12-4-2-1-3-11(12)17/h1-4,9H,5-8H2. The summed E-state index contributed by atoms with van der Waals surface area (Å²) in [5, 5.41) is 0.643. The smallest absolute Gasteiger partial charge is 0.224 e. The van der Waals surface area contributed by atoms with Crippen LogP contribution in [0.25, 0.3) is 0 Å². The van der Waals surface area contributed by atoms with Crippen molar-refractivity contribution in [2.45, 2.75) is 0 Å². The maximum Gasteiger partial charge on any atom is 0.224 e. The Hall–Kier alpha value is -1.59. The van der Waals surface area contributed by atoms with Crippen LogP contribution < -0.4 is 9.80 Å². The van der Waals surface area contributed by atoms with Crippen LogP contribution in [0.5, 0.6) is 0 Å². The predicted octanol–water partition coefficient (Wildman–Crippen LogP) is 3.25. The van der Waals surface area contributed by atoms with E-state index in [0.717, 1.165) is 0 Å². The van der Waals surface area contributed by atoms with Gasteiger partial charge in [-0.1, -0.05) is 23.7 Å². The molecule has 0 unspecified atom stereocenters. The highest BCUT2D eigenvalue weighted by atomic mass is 35.5. The summed E-state index contributed by atoms with van der Waals surface area (Å²) in [6.07, 6.45) is 1.50.